The molecule has 0 N–H and O–H groups in total. The van der Waals surface area contributed by atoms with Crippen molar-refractivity contribution in [3.63, 3.8) is 0 Å². The zero-order valence-corrected chi connectivity index (χ0v) is 19.8. The van der Waals surface area contributed by atoms with Crippen molar-refractivity contribution in [2.45, 2.75) is 19.1 Å². The van der Waals surface area contributed by atoms with Crippen LogP contribution in [0.3, 0.4) is 0 Å². The van der Waals surface area contributed by atoms with Gasteiger partial charge in [0, 0.05) is 61.0 Å². The molecule has 2 aromatic carbocycles. The summed E-state index contributed by atoms with van der Waals surface area (Å²) in [4.78, 5) is 9.42. The van der Waals surface area contributed by atoms with Crippen LogP contribution in [0, 0.1) is 0 Å². The predicted octanol–water partition coefficient (Wildman–Crippen LogP) is 5.76. The van der Waals surface area contributed by atoms with E-state index in [1.54, 1.807) is 11.3 Å². The fourth-order valence-electron chi connectivity index (χ4n) is 3.84. The lowest BCUT2D eigenvalue weighted by atomic mass is 10.0. The van der Waals surface area contributed by atoms with Crippen LogP contribution >= 0.6 is 34.5 Å². The maximum absolute atomic E-state index is 6.35. The van der Waals surface area contributed by atoms with Crippen molar-refractivity contribution >= 4 is 34.5 Å². The minimum atomic E-state index is -0.121. The van der Waals surface area contributed by atoms with E-state index >= 15 is 0 Å². The summed E-state index contributed by atoms with van der Waals surface area (Å²) in [7, 11) is 0. The minimum absolute atomic E-state index is 0.121. The number of hydrogen-bond donors (Lipinski definition) is 0. The van der Waals surface area contributed by atoms with Crippen LogP contribution in [0.1, 0.15) is 28.7 Å². The van der Waals surface area contributed by atoms with E-state index in [-0.39, 0.29) is 6.10 Å². The third-order valence-electron chi connectivity index (χ3n) is 5.56. The van der Waals surface area contributed by atoms with Crippen LogP contribution in [0.2, 0.25) is 10.0 Å². The van der Waals surface area contributed by atoms with E-state index in [4.69, 9.17) is 27.9 Å². The van der Waals surface area contributed by atoms with Crippen molar-refractivity contribution in [2.24, 2.45) is 0 Å². The standard InChI is InChI=1S/C24H27Cl2N3OS/c25-21-6-2-19(3-7-21)24(20-4-8-22(26)9-5-20)30-16-1-11-28-12-14-29(15-13-28)18-23-27-10-17-31-23/h2-10,17,24H,1,11-16,18H2. The molecule has 0 bridgehead atoms. The fourth-order valence-corrected chi connectivity index (χ4v) is 4.75. The van der Waals surface area contributed by atoms with Crippen LogP contribution < -0.4 is 0 Å². The molecule has 4 rings (SSSR count). The summed E-state index contributed by atoms with van der Waals surface area (Å²) in [6.45, 7) is 7.12. The van der Waals surface area contributed by atoms with Gasteiger partial charge >= 0.3 is 0 Å². The van der Waals surface area contributed by atoms with E-state index in [0.717, 1.165) is 66.9 Å². The first-order valence-corrected chi connectivity index (χ1v) is 12.3. The van der Waals surface area contributed by atoms with Gasteiger partial charge in [0.25, 0.3) is 0 Å². The number of benzene rings is 2. The molecule has 4 nitrogen and oxygen atoms in total. The number of halogens is 2. The largest absolute Gasteiger partial charge is 0.369 e. The first-order chi connectivity index (χ1) is 15.2. The first-order valence-electron chi connectivity index (χ1n) is 10.6. The molecule has 1 aliphatic rings. The van der Waals surface area contributed by atoms with Gasteiger partial charge in [0.15, 0.2) is 0 Å². The maximum Gasteiger partial charge on any atom is 0.108 e. The predicted molar refractivity (Wildman–Crippen MR) is 129 cm³/mol. The summed E-state index contributed by atoms with van der Waals surface area (Å²) in [6, 6.07) is 15.8. The Kier molecular flexibility index (Phi) is 8.36. The minimum Gasteiger partial charge on any atom is -0.369 e. The van der Waals surface area contributed by atoms with Crippen molar-refractivity contribution in [2.75, 3.05) is 39.3 Å². The molecule has 0 aliphatic carbocycles. The van der Waals surface area contributed by atoms with E-state index in [9.17, 15) is 0 Å². The van der Waals surface area contributed by atoms with Crippen molar-refractivity contribution in [3.05, 3.63) is 86.3 Å². The molecule has 1 fully saturated rings. The summed E-state index contributed by atoms with van der Waals surface area (Å²) in [6.07, 6.45) is 2.77. The van der Waals surface area contributed by atoms with Gasteiger partial charge in [0.05, 0.1) is 6.54 Å². The molecular weight excluding hydrogens is 449 g/mol. The number of rotatable bonds is 9. The Bertz CT molecular complexity index is 866. The van der Waals surface area contributed by atoms with Gasteiger partial charge in [0.1, 0.15) is 11.1 Å². The second-order valence-electron chi connectivity index (χ2n) is 7.75. The molecule has 1 aliphatic heterocycles. The number of nitrogens with zero attached hydrogens (tertiary/aromatic N) is 3. The van der Waals surface area contributed by atoms with Crippen LogP contribution in [0.4, 0.5) is 0 Å². The molecule has 2 heterocycles. The second-order valence-corrected chi connectivity index (χ2v) is 9.60. The average Bonchev–Trinajstić information content (AvgIpc) is 3.30. The van der Waals surface area contributed by atoms with Crippen molar-refractivity contribution in [1.29, 1.82) is 0 Å². The lowest BCUT2D eigenvalue weighted by molar-refractivity contribution is 0.0638. The molecule has 0 atom stereocenters. The molecule has 0 radical (unpaired) electrons. The van der Waals surface area contributed by atoms with E-state index < -0.39 is 0 Å². The van der Waals surface area contributed by atoms with Crippen LogP contribution in [0.5, 0.6) is 0 Å². The second kappa shape index (κ2) is 11.4. The van der Waals surface area contributed by atoms with Crippen molar-refractivity contribution in [3.8, 4) is 0 Å². The average molecular weight is 476 g/mol. The third-order valence-corrected chi connectivity index (χ3v) is 6.82. The van der Waals surface area contributed by atoms with Crippen molar-refractivity contribution in [1.82, 2.24) is 14.8 Å². The van der Waals surface area contributed by atoms with Crippen LogP contribution in [-0.4, -0.2) is 54.1 Å². The maximum atomic E-state index is 6.35. The summed E-state index contributed by atoms with van der Waals surface area (Å²) < 4.78 is 6.35. The molecule has 3 aromatic rings. The summed E-state index contributed by atoms with van der Waals surface area (Å²) >= 11 is 13.9. The highest BCUT2D eigenvalue weighted by molar-refractivity contribution is 7.09. The number of ether oxygens (including phenoxy) is 1. The molecule has 1 aromatic heterocycles. The zero-order valence-electron chi connectivity index (χ0n) is 17.4. The molecule has 1 saturated heterocycles. The monoisotopic (exact) mass is 475 g/mol. The molecule has 164 valence electrons. The zero-order chi connectivity index (χ0) is 21.5. The van der Waals surface area contributed by atoms with Crippen LogP contribution in [0.15, 0.2) is 60.1 Å². The van der Waals surface area contributed by atoms with Gasteiger partial charge in [-0.25, -0.2) is 4.98 Å². The molecule has 0 amide bonds. The third kappa shape index (κ3) is 6.75. The summed E-state index contributed by atoms with van der Waals surface area (Å²) in [5.41, 5.74) is 2.20. The van der Waals surface area contributed by atoms with Gasteiger partial charge in [0.2, 0.25) is 0 Å². The van der Waals surface area contributed by atoms with Gasteiger partial charge in [-0.2, -0.15) is 0 Å². The molecular formula is C24H27Cl2N3OS. The van der Waals surface area contributed by atoms with Gasteiger partial charge in [-0.3, -0.25) is 4.90 Å². The first kappa shape index (κ1) is 22.7. The SMILES string of the molecule is Clc1ccc(C(OCCCN2CCN(Cc3nccs3)CC2)c2ccc(Cl)cc2)cc1. The quantitative estimate of drug-likeness (QED) is 0.367. The van der Waals surface area contributed by atoms with Gasteiger partial charge < -0.3 is 9.64 Å². The van der Waals surface area contributed by atoms with Gasteiger partial charge in [-0.15, -0.1) is 11.3 Å². The number of hydrogen-bond acceptors (Lipinski definition) is 5. The highest BCUT2D eigenvalue weighted by atomic mass is 35.5. The van der Waals surface area contributed by atoms with E-state index in [1.165, 1.54) is 5.01 Å². The molecule has 0 saturated carbocycles. The van der Waals surface area contributed by atoms with E-state index in [0.29, 0.717) is 6.61 Å². The van der Waals surface area contributed by atoms with E-state index in [2.05, 4.69) is 14.8 Å². The van der Waals surface area contributed by atoms with E-state index in [1.807, 2.05) is 60.1 Å². The van der Waals surface area contributed by atoms with Crippen LogP contribution in [0.25, 0.3) is 0 Å². The highest BCUT2D eigenvalue weighted by Gasteiger charge is 2.18. The molecule has 31 heavy (non-hydrogen) atoms. The number of thiazole rings is 1. The Balaban J connectivity index is 1.25. The Morgan fingerprint density at radius 1 is 0.871 bits per heavy atom. The summed E-state index contributed by atoms with van der Waals surface area (Å²) in [5, 5.41) is 4.71. The molecule has 7 heteroatoms. The highest BCUT2D eigenvalue weighted by Crippen LogP contribution is 2.28. The number of aromatic nitrogens is 1. The Hall–Kier alpha value is -1.47. The van der Waals surface area contributed by atoms with Crippen molar-refractivity contribution < 1.29 is 4.74 Å². The lowest BCUT2D eigenvalue weighted by Gasteiger charge is -2.34. The smallest absolute Gasteiger partial charge is 0.108 e. The Morgan fingerprint density at radius 3 is 2.00 bits per heavy atom. The molecule has 0 spiro atoms. The van der Waals surface area contributed by atoms with Gasteiger partial charge in [-0.1, -0.05) is 47.5 Å². The Labute approximate surface area is 198 Å². The van der Waals surface area contributed by atoms with Crippen LogP contribution in [-0.2, 0) is 11.3 Å². The topological polar surface area (TPSA) is 28.6 Å². The lowest BCUT2D eigenvalue weighted by Crippen LogP contribution is -2.46. The molecule has 0 unspecified atom stereocenters. The summed E-state index contributed by atoms with van der Waals surface area (Å²) in [5.74, 6) is 0. The fraction of sp³-hybridized carbons (Fsp3) is 0.375. The number of piperazine rings is 1. The Morgan fingerprint density at radius 2 is 1.45 bits per heavy atom. The van der Waals surface area contributed by atoms with Gasteiger partial charge in [-0.05, 0) is 41.8 Å². The normalized spacial score (nSPS) is 15.6.